The van der Waals surface area contributed by atoms with Crippen LogP contribution in [0, 0.1) is 5.92 Å². The largest absolute Gasteiger partial charge is 0.379 e. The fraction of sp³-hybridized carbons (Fsp3) is 0.944. The fourth-order valence-corrected chi connectivity index (χ4v) is 3.80. The molecule has 0 spiro atoms. The zero-order valence-corrected chi connectivity index (χ0v) is 18.2. The molecule has 1 aliphatic heterocycles. The number of hydrogen-bond donors (Lipinski definition) is 2. The van der Waals surface area contributed by atoms with Crippen LogP contribution in [0.4, 0.5) is 0 Å². The zero-order chi connectivity index (χ0) is 16.7. The third-order valence-electron chi connectivity index (χ3n) is 5.12. The molecule has 2 rings (SSSR count). The van der Waals surface area contributed by atoms with E-state index in [1.165, 1.54) is 25.7 Å². The van der Waals surface area contributed by atoms with E-state index in [2.05, 4.69) is 43.2 Å². The van der Waals surface area contributed by atoms with Crippen LogP contribution in [0.25, 0.3) is 0 Å². The lowest BCUT2D eigenvalue weighted by Crippen LogP contribution is -2.50. The molecule has 1 saturated carbocycles. The molecule has 1 saturated heterocycles. The Labute approximate surface area is 165 Å². The molecule has 1 heterocycles. The first kappa shape index (κ1) is 22.0. The lowest BCUT2D eigenvalue weighted by molar-refractivity contribution is -0.0165. The number of morpholine rings is 1. The second-order valence-corrected chi connectivity index (χ2v) is 7.34. The van der Waals surface area contributed by atoms with Gasteiger partial charge in [0.25, 0.3) is 0 Å². The Bertz CT molecular complexity index is 380. The third-order valence-corrected chi connectivity index (χ3v) is 5.12. The first-order valence-electron chi connectivity index (χ1n) is 9.48. The van der Waals surface area contributed by atoms with Gasteiger partial charge in [-0.2, -0.15) is 0 Å². The summed E-state index contributed by atoms with van der Waals surface area (Å²) in [6, 6.07) is 1.52. The van der Waals surface area contributed by atoms with Crippen LogP contribution in [0.1, 0.15) is 53.4 Å². The van der Waals surface area contributed by atoms with E-state index >= 15 is 0 Å². The molecular weight excluding hydrogens is 415 g/mol. The molecule has 0 radical (unpaired) electrons. The summed E-state index contributed by atoms with van der Waals surface area (Å²) >= 11 is 0. The predicted molar refractivity (Wildman–Crippen MR) is 112 cm³/mol. The van der Waals surface area contributed by atoms with Gasteiger partial charge in [-0.15, -0.1) is 24.0 Å². The van der Waals surface area contributed by atoms with Crippen molar-refractivity contribution in [3.05, 3.63) is 0 Å². The van der Waals surface area contributed by atoms with Gasteiger partial charge in [0.15, 0.2) is 5.96 Å². The summed E-state index contributed by atoms with van der Waals surface area (Å²) in [4.78, 5) is 7.37. The van der Waals surface area contributed by atoms with E-state index in [1.54, 1.807) is 0 Å². The first-order chi connectivity index (χ1) is 11.1. The SMILES string of the molecule is CCNC(=NCC(C)N1CCOCC1C)NC1CCCC(C)C1.I. The highest BCUT2D eigenvalue weighted by atomic mass is 127. The number of nitrogens with one attached hydrogen (secondary N) is 2. The third kappa shape index (κ3) is 7.04. The Morgan fingerprint density at radius 1 is 1.33 bits per heavy atom. The van der Waals surface area contributed by atoms with Crippen LogP contribution >= 0.6 is 24.0 Å². The van der Waals surface area contributed by atoms with Gasteiger partial charge in [-0.3, -0.25) is 9.89 Å². The van der Waals surface area contributed by atoms with Crippen molar-refractivity contribution in [2.45, 2.75) is 71.5 Å². The van der Waals surface area contributed by atoms with Gasteiger partial charge in [0, 0.05) is 31.2 Å². The number of halogens is 1. The second-order valence-electron chi connectivity index (χ2n) is 7.34. The number of rotatable bonds is 5. The Morgan fingerprint density at radius 2 is 2.12 bits per heavy atom. The molecule has 24 heavy (non-hydrogen) atoms. The van der Waals surface area contributed by atoms with E-state index in [1.807, 2.05) is 0 Å². The van der Waals surface area contributed by atoms with Crippen molar-refractivity contribution in [3.8, 4) is 0 Å². The van der Waals surface area contributed by atoms with Crippen molar-refractivity contribution in [3.63, 3.8) is 0 Å². The maximum absolute atomic E-state index is 5.53. The van der Waals surface area contributed by atoms with Crippen molar-refractivity contribution in [1.82, 2.24) is 15.5 Å². The van der Waals surface area contributed by atoms with E-state index < -0.39 is 0 Å². The molecule has 4 atom stereocenters. The van der Waals surface area contributed by atoms with Gasteiger partial charge in [-0.25, -0.2) is 0 Å². The quantitative estimate of drug-likeness (QED) is 0.383. The number of guanidine groups is 1. The summed E-state index contributed by atoms with van der Waals surface area (Å²) in [5, 5.41) is 7.06. The van der Waals surface area contributed by atoms with Gasteiger partial charge < -0.3 is 15.4 Å². The summed E-state index contributed by atoms with van der Waals surface area (Å²) < 4.78 is 5.53. The Balaban J connectivity index is 0.00000288. The van der Waals surface area contributed by atoms with Crippen LogP contribution in [0.2, 0.25) is 0 Å². The fourth-order valence-electron chi connectivity index (χ4n) is 3.80. The van der Waals surface area contributed by atoms with Crippen molar-refractivity contribution < 1.29 is 4.74 Å². The smallest absolute Gasteiger partial charge is 0.191 e. The molecule has 0 amide bonds. The van der Waals surface area contributed by atoms with Gasteiger partial charge in [0.2, 0.25) is 0 Å². The second kappa shape index (κ2) is 11.5. The highest BCUT2D eigenvalue weighted by Crippen LogP contribution is 2.23. The Morgan fingerprint density at radius 3 is 2.79 bits per heavy atom. The minimum absolute atomic E-state index is 0. The van der Waals surface area contributed by atoms with E-state index in [0.29, 0.717) is 18.1 Å². The summed E-state index contributed by atoms with van der Waals surface area (Å²) in [6.07, 6.45) is 5.24. The maximum Gasteiger partial charge on any atom is 0.191 e. The van der Waals surface area contributed by atoms with Gasteiger partial charge in [0.05, 0.1) is 19.8 Å². The summed E-state index contributed by atoms with van der Waals surface area (Å²) in [7, 11) is 0. The van der Waals surface area contributed by atoms with Crippen LogP contribution in [0.5, 0.6) is 0 Å². The van der Waals surface area contributed by atoms with E-state index in [9.17, 15) is 0 Å². The van der Waals surface area contributed by atoms with Crippen molar-refractivity contribution in [1.29, 1.82) is 0 Å². The van der Waals surface area contributed by atoms with Crippen molar-refractivity contribution in [2.75, 3.05) is 32.8 Å². The summed E-state index contributed by atoms with van der Waals surface area (Å²) in [5.74, 6) is 1.82. The van der Waals surface area contributed by atoms with E-state index in [0.717, 1.165) is 44.7 Å². The first-order valence-corrected chi connectivity index (χ1v) is 9.48. The van der Waals surface area contributed by atoms with Gasteiger partial charge in [-0.05, 0) is 39.5 Å². The molecule has 6 heteroatoms. The van der Waals surface area contributed by atoms with E-state index in [4.69, 9.17) is 9.73 Å². The number of ether oxygens (including phenoxy) is 1. The minimum atomic E-state index is 0. The molecular formula is C18H37IN4O. The zero-order valence-electron chi connectivity index (χ0n) is 15.9. The molecule has 5 nitrogen and oxygen atoms in total. The molecule has 0 aromatic heterocycles. The highest BCUT2D eigenvalue weighted by Gasteiger charge is 2.24. The summed E-state index contributed by atoms with van der Waals surface area (Å²) in [5.41, 5.74) is 0. The number of aliphatic imine (C=N–C) groups is 1. The molecule has 2 N–H and O–H groups in total. The van der Waals surface area contributed by atoms with Crippen LogP contribution < -0.4 is 10.6 Å². The van der Waals surface area contributed by atoms with Gasteiger partial charge in [-0.1, -0.05) is 19.8 Å². The maximum atomic E-state index is 5.53. The molecule has 142 valence electrons. The van der Waals surface area contributed by atoms with Crippen LogP contribution in [-0.2, 0) is 4.74 Å². The monoisotopic (exact) mass is 452 g/mol. The molecule has 2 aliphatic rings. The molecule has 0 bridgehead atoms. The molecule has 0 aromatic rings. The van der Waals surface area contributed by atoms with Crippen molar-refractivity contribution in [2.24, 2.45) is 10.9 Å². The lowest BCUT2D eigenvalue weighted by atomic mass is 9.87. The average molecular weight is 452 g/mol. The van der Waals surface area contributed by atoms with Crippen LogP contribution in [-0.4, -0.2) is 61.8 Å². The average Bonchev–Trinajstić information content (AvgIpc) is 2.53. The van der Waals surface area contributed by atoms with Crippen LogP contribution in [0.3, 0.4) is 0 Å². The topological polar surface area (TPSA) is 48.9 Å². The van der Waals surface area contributed by atoms with Gasteiger partial charge in [0.1, 0.15) is 0 Å². The summed E-state index contributed by atoms with van der Waals surface area (Å²) in [6.45, 7) is 13.5. The van der Waals surface area contributed by atoms with E-state index in [-0.39, 0.29) is 24.0 Å². The molecule has 4 unspecified atom stereocenters. The Kier molecular flexibility index (Phi) is 10.5. The molecule has 2 fully saturated rings. The molecule has 0 aromatic carbocycles. The van der Waals surface area contributed by atoms with Crippen molar-refractivity contribution >= 4 is 29.9 Å². The number of nitrogens with zero attached hydrogens (tertiary/aromatic N) is 2. The minimum Gasteiger partial charge on any atom is -0.379 e. The highest BCUT2D eigenvalue weighted by molar-refractivity contribution is 14.0. The lowest BCUT2D eigenvalue weighted by Gasteiger charge is -2.37. The van der Waals surface area contributed by atoms with Crippen LogP contribution in [0.15, 0.2) is 4.99 Å². The predicted octanol–water partition coefficient (Wildman–Crippen LogP) is 2.85. The molecule has 1 aliphatic carbocycles. The number of hydrogen-bond acceptors (Lipinski definition) is 3. The Hall–Kier alpha value is -0.0800. The standard InChI is InChI=1S/C18H36N4O.HI/c1-5-19-18(21-17-8-6-7-14(2)11-17)20-12-15(3)22-9-10-23-13-16(22)4;/h14-17H,5-13H2,1-4H3,(H2,19,20,21);1H. The normalized spacial score (nSPS) is 30.3. The van der Waals surface area contributed by atoms with Gasteiger partial charge >= 0.3 is 0 Å².